The maximum absolute atomic E-state index is 13.5. The number of aromatic nitrogens is 2. The molecule has 0 fully saturated rings. The Morgan fingerprint density at radius 2 is 2.10 bits per heavy atom. The van der Waals surface area contributed by atoms with E-state index in [9.17, 15) is 9.18 Å². The summed E-state index contributed by atoms with van der Waals surface area (Å²) in [5.74, 6) is -1.34. The second kappa shape index (κ2) is 4.96. The molecule has 0 amide bonds. The fourth-order valence-corrected chi connectivity index (χ4v) is 2.56. The number of hydrogen-bond acceptors (Lipinski definition) is 2. The Bertz CT molecular complexity index is 873. The molecule has 0 radical (unpaired) electrons. The van der Waals surface area contributed by atoms with Gasteiger partial charge in [-0.2, -0.15) is 0 Å². The van der Waals surface area contributed by atoms with Gasteiger partial charge < -0.3 is 5.11 Å². The lowest BCUT2D eigenvalue weighted by atomic mass is 10.1. The van der Waals surface area contributed by atoms with Crippen molar-refractivity contribution in [1.82, 2.24) is 9.55 Å². The first kappa shape index (κ1) is 13.8. The van der Waals surface area contributed by atoms with Crippen LogP contribution in [0.1, 0.15) is 15.9 Å². The van der Waals surface area contributed by atoms with Crippen LogP contribution in [-0.2, 0) is 0 Å². The molecule has 0 aliphatic carbocycles. The van der Waals surface area contributed by atoms with Gasteiger partial charge in [-0.05, 0) is 58.7 Å². The van der Waals surface area contributed by atoms with E-state index in [0.717, 1.165) is 11.3 Å². The van der Waals surface area contributed by atoms with Gasteiger partial charge in [0, 0.05) is 0 Å². The molecule has 0 saturated carbocycles. The van der Waals surface area contributed by atoms with Crippen molar-refractivity contribution >= 4 is 32.9 Å². The van der Waals surface area contributed by atoms with E-state index in [0.29, 0.717) is 15.5 Å². The van der Waals surface area contributed by atoms with Gasteiger partial charge in [0.15, 0.2) is 0 Å². The van der Waals surface area contributed by atoms with E-state index in [1.807, 2.05) is 0 Å². The lowest BCUT2D eigenvalue weighted by molar-refractivity contribution is 0.0697. The second-order valence-corrected chi connectivity index (χ2v) is 5.53. The van der Waals surface area contributed by atoms with Gasteiger partial charge in [-0.3, -0.25) is 4.57 Å². The summed E-state index contributed by atoms with van der Waals surface area (Å²) in [6, 6.07) is 7.80. The fraction of sp³-hybridized carbons (Fsp3) is 0.0667. The Balaban J connectivity index is 2.27. The highest BCUT2D eigenvalue weighted by molar-refractivity contribution is 9.10. The van der Waals surface area contributed by atoms with Gasteiger partial charge in [0.25, 0.3) is 0 Å². The third kappa shape index (κ3) is 2.31. The minimum absolute atomic E-state index is 0.183. The zero-order valence-corrected chi connectivity index (χ0v) is 12.6. The number of carboxylic acids is 1. The van der Waals surface area contributed by atoms with E-state index >= 15 is 0 Å². The van der Waals surface area contributed by atoms with Crippen molar-refractivity contribution in [1.29, 1.82) is 0 Å². The first-order valence-corrected chi connectivity index (χ1v) is 6.93. The van der Waals surface area contributed by atoms with Crippen molar-refractivity contribution in [3.05, 3.63) is 58.1 Å². The van der Waals surface area contributed by atoms with Gasteiger partial charge in [0.05, 0.1) is 26.8 Å². The SMILES string of the molecule is Cc1cc(F)c(Br)cc1-n1cnc2ccc(C(=O)O)cc21. The zero-order chi connectivity index (χ0) is 15.1. The monoisotopic (exact) mass is 348 g/mol. The summed E-state index contributed by atoms with van der Waals surface area (Å²) in [7, 11) is 0. The number of carbonyl (C=O) groups is 1. The highest BCUT2D eigenvalue weighted by Crippen LogP contribution is 2.26. The fourth-order valence-electron chi connectivity index (χ4n) is 2.23. The summed E-state index contributed by atoms with van der Waals surface area (Å²) >= 11 is 3.16. The van der Waals surface area contributed by atoms with Crippen LogP contribution < -0.4 is 0 Å². The van der Waals surface area contributed by atoms with Crippen molar-refractivity contribution in [2.75, 3.05) is 0 Å². The van der Waals surface area contributed by atoms with Crippen LogP contribution in [0.2, 0.25) is 0 Å². The Morgan fingerprint density at radius 3 is 2.81 bits per heavy atom. The lowest BCUT2D eigenvalue weighted by Crippen LogP contribution is -1.99. The number of halogens is 2. The molecule has 0 saturated heterocycles. The maximum atomic E-state index is 13.5. The third-order valence-electron chi connectivity index (χ3n) is 3.29. The van der Waals surface area contributed by atoms with Crippen LogP contribution in [0.5, 0.6) is 0 Å². The molecule has 3 rings (SSSR count). The minimum atomic E-state index is -0.998. The van der Waals surface area contributed by atoms with Crippen molar-refractivity contribution in [3.63, 3.8) is 0 Å². The largest absolute Gasteiger partial charge is 0.478 e. The van der Waals surface area contributed by atoms with Crippen LogP contribution >= 0.6 is 15.9 Å². The first-order chi connectivity index (χ1) is 9.97. The average molecular weight is 349 g/mol. The van der Waals surface area contributed by atoms with E-state index in [2.05, 4.69) is 20.9 Å². The van der Waals surface area contributed by atoms with Gasteiger partial charge in [-0.25, -0.2) is 14.2 Å². The molecule has 3 aromatic rings. The molecule has 0 bridgehead atoms. The number of benzene rings is 2. The molecule has 2 aromatic carbocycles. The molecule has 1 heterocycles. The average Bonchev–Trinajstić information content (AvgIpc) is 2.85. The van der Waals surface area contributed by atoms with E-state index in [1.54, 1.807) is 36.0 Å². The number of carboxylic acid groups (broad SMARTS) is 1. The molecule has 0 aliphatic heterocycles. The summed E-state index contributed by atoms with van der Waals surface area (Å²) in [5, 5.41) is 9.09. The molecular weight excluding hydrogens is 339 g/mol. The van der Waals surface area contributed by atoms with Crippen LogP contribution in [-0.4, -0.2) is 20.6 Å². The molecule has 0 unspecified atom stereocenters. The molecule has 106 valence electrons. The Kier molecular flexibility index (Phi) is 3.25. The van der Waals surface area contributed by atoms with Crippen molar-refractivity contribution in [2.24, 2.45) is 0 Å². The normalized spacial score (nSPS) is 11.0. The molecule has 0 atom stereocenters. The van der Waals surface area contributed by atoms with Gasteiger partial charge in [0.2, 0.25) is 0 Å². The van der Waals surface area contributed by atoms with Crippen LogP contribution in [0.15, 0.2) is 41.1 Å². The molecule has 1 N–H and O–H groups in total. The summed E-state index contributed by atoms with van der Waals surface area (Å²) in [5.41, 5.74) is 3.00. The van der Waals surface area contributed by atoms with Crippen LogP contribution in [0.25, 0.3) is 16.7 Å². The van der Waals surface area contributed by atoms with Gasteiger partial charge in [-0.15, -0.1) is 0 Å². The molecule has 4 nitrogen and oxygen atoms in total. The minimum Gasteiger partial charge on any atom is -0.478 e. The number of hydrogen-bond donors (Lipinski definition) is 1. The topological polar surface area (TPSA) is 55.1 Å². The van der Waals surface area contributed by atoms with E-state index in [-0.39, 0.29) is 11.4 Å². The molecular formula is C15H10BrFN2O2. The van der Waals surface area contributed by atoms with E-state index < -0.39 is 5.97 Å². The predicted octanol–water partition coefficient (Wildman–Crippen LogP) is 3.93. The lowest BCUT2D eigenvalue weighted by Gasteiger charge is -2.10. The van der Waals surface area contributed by atoms with Gasteiger partial charge in [-0.1, -0.05) is 0 Å². The van der Waals surface area contributed by atoms with Crippen LogP contribution in [0.4, 0.5) is 4.39 Å². The van der Waals surface area contributed by atoms with Crippen LogP contribution in [0.3, 0.4) is 0 Å². The highest BCUT2D eigenvalue weighted by atomic mass is 79.9. The van der Waals surface area contributed by atoms with Gasteiger partial charge >= 0.3 is 5.97 Å². The Hall–Kier alpha value is -2.21. The van der Waals surface area contributed by atoms with Gasteiger partial charge in [0.1, 0.15) is 12.1 Å². The maximum Gasteiger partial charge on any atom is 0.335 e. The standard InChI is InChI=1S/C15H10BrFN2O2/c1-8-4-11(17)10(16)6-13(8)19-7-18-12-3-2-9(15(20)21)5-14(12)19/h2-7H,1H3,(H,20,21). The third-order valence-corrected chi connectivity index (χ3v) is 3.90. The predicted molar refractivity (Wildman–Crippen MR) is 80.4 cm³/mol. The molecule has 6 heteroatoms. The second-order valence-electron chi connectivity index (χ2n) is 4.68. The van der Waals surface area contributed by atoms with Crippen molar-refractivity contribution in [3.8, 4) is 5.69 Å². The smallest absolute Gasteiger partial charge is 0.335 e. The summed E-state index contributed by atoms with van der Waals surface area (Å²) in [6.07, 6.45) is 1.60. The Morgan fingerprint density at radius 1 is 1.33 bits per heavy atom. The van der Waals surface area contributed by atoms with Crippen molar-refractivity contribution in [2.45, 2.75) is 6.92 Å². The first-order valence-electron chi connectivity index (χ1n) is 6.14. The quantitative estimate of drug-likeness (QED) is 0.763. The Labute approximate surface area is 128 Å². The summed E-state index contributed by atoms with van der Waals surface area (Å²) in [6.45, 7) is 1.79. The number of nitrogens with zero attached hydrogens (tertiary/aromatic N) is 2. The number of aromatic carboxylic acids is 1. The molecule has 21 heavy (non-hydrogen) atoms. The molecule has 0 aliphatic rings. The molecule has 0 spiro atoms. The molecule has 1 aromatic heterocycles. The summed E-state index contributed by atoms with van der Waals surface area (Å²) < 4.78 is 15.6. The van der Waals surface area contributed by atoms with E-state index in [1.165, 1.54) is 12.1 Å². The highest BCUT2D eigenvalue weighted by Gasteiger charge is 2.12. The zero-order valence-electron chi connectivity index (χ0n) is 11.0. The number of fused-ring (bicyclic) bond motifs is 1. The number of rotatable bonds is 2. The number of imidazole rings is 1. The summed E-state index contributed by atoms with van der Waals surface area (Å²) in [4.78, 5) is 15.3. The number of aryl methyl sites for hydroxylation is 1. The van der Waals surface area contributed by atoms with Crippen LogP contribution in [0, 0.1) is 12.7 Å². The van der Waals surface area contributed by atoms with Crippen molar-refractivity contribution < 1.29 is 14.3 Å². The van der Waals surface area contributed by atoms with E-state index in [4.69, 9.17) is 5.11 Å².